The van der Waals surface area contributed by atoms with Crippen molar-refractivity contribution >= 4 is 11.7 Å². The number of hydrogen-bond acceptors (Lipinski definition) is 20. The molecule has 0 amide bonds. The number of hydrogen-bond donors (Lipinski definition) is 9. The molecule has 20 nitrogen and oxygen atoms in total. The fourth-order valence-electron chi connectivity index (χ4n) is 9.91. The molecule has 0 saturated carbocycles. The summed E-state index contributed by atoms with van der Waals surface area (Å²) in [4.78, 5) is 22.1. The van der Waals surface area contributed by atoms with Crippen LogP contribution in [0.2, 0.25) is 0 Å². The van der Waals surface area contributed by atoms with Crippen molar-refractivity contribution in [2.75, 3.05) is 27.8 Å². The van der Waals surface area contributed by atoms with Gasteiger partial charge in [-0.3, -0.25) is 4.79 Å². The molecule has 4 aliphatic rings. The number of likely N-dealkylation sites (N-methyl/N-ethyl adjacent to an activating group) is 1. The minimum absolute atomic E-state index is 0.0372. The van der Waals surface area contributed by atoms with E-state index in [1.54, 1.807) is 41.5 Å². The average molecular weight is 911 g/mol. The molecule has 4 fully saturated rings. The van der Waals surface area contributed by atoms with Crippen molar-refractivity contribution < 1.29 is 88.7 Å². The smallest absolute Gasteiger partial charge is 0.311 e. The first-order valence-corrected chi connectivity index (χ1v) is 22.2. The Kier molecular flexibility index (Phi) is 18.4. The van der Waals surface area contributed by atoms with Crippen LogP contribution in [0.5, 0.6) is 0 Å². The van der Waals surface area contributed by atoms with Crippen LogP contribution in [0.25, 0.3) is 0 Å². The van der Waals surface area contributed by atoms with Crippen LogP contribution < -0.4 is 0 Å². The molecular weight excluding hydrogens is 832 g/mol. The highest BCUT2D eigenvalue weighted by Crippen LogP contribution is 2.41. The van der Waals surface area contributed by atoms with E-state index < -0.39 is 145 Å². The van der Waals surface area contributed by atoms with Crippen molar-refractivity contribution in [3.05, 3.63) is 0 Å². The monoisotopic (exact) mass is 911 g/mol. The molecular formula is C43H78N2O18. The predicted molar refractivity (Wildman–Crippen MR) is 224 cm³/mol. The minimum Gasteiger partial charge on any atom is -0.459 e. The van der Waals surface area contributed by atoms with E-state index in [0.717, 1.165) is 0 Å². The zero-order valence-electron chi connectivity index (χ0n) is 39.2. The fraction of sp³-hybridized carbons (Fsp3) is 0.953. The summed E-state index contributed by atoms with van der Waals surface area (Å²) in [5, 5.41) is 105. The van der Waals surface area contributed by atoms with Gasteiger partial charge in [-0.25, -0.2) is 0 Å². The summed E-state index contributed by atoms with van der Waals surface area (Å²) in [6, 6.07) is -0.397. The van der Waals surface area contributed by atoms with Gasteiger partial charge in [0.25, 0.3) is 0 Å². The first-order chi connectivity index (χ1) is 29.2. The van der Waals surface area contributed by atoms with Gasteiger partial charge in [-0.1, -0.05) is 32.9 Å². The van der Waals surface area contributed by atoms with E-state index >= 15 is 0 Å². The average Bonchev–Trinajstić information content (AvgIpc) is 3.21. The van der Waals surface area contributed by atoms with Crippen molar-refractivity contribution in [2.45, 2.75) is 210 Å². The number of ether oxygens (including phenoxy) is 7. The number of methoxy groups -OCH3 is 1. The van der Waals surface area contributed by atoms with Crippen molar-refractivity contribution in [1.82, 2.24) is 4.90 Å². The second kappa shape index (κ2) is 21.5. The normalized spacial score (nSPS) is 50.5. The zero-order chi connectivity index (χ0) is 47.7. The van der Waals surface area contributed by atoms with Crippen LogP contribution in [-0.2, 0) is 42.8 Å². The van der Waals surface area contributed by atoms with Crippen molar-refractivity contribution in [3.63, 3.8) is 0 Å². The van der Waals surface area contributed by atoms with Gasteiger partial charge in [-0.15, -0.1) is 0 Å². The van der Waals surface area contributed by atoms with E-state index in [1.807, 2.05) is 25.9 Å². The molecule has 4 heterocycles. The Bertz CT molecular complexity index is 1500. The Morgan fingerprint density at radius 3 is 2.03 bits per heavy atom. The molecule has 4 rings (SSSR count). The highest BCUT2D eigenvalue weighted by atomic mass is 16.7. The second-order valence-corrected chi connectivity index (χ2v) is 19.4. The predicted octanol–water partition coefficient (Wildman–Crippen LogP) is -0.611. The Balaban J connectivity index is 1.90. The largest absolute Gasteiger partial charge is 0.459 e. The molecule has 0 aromatic carbocycles. The molecule has 0 spiro atoms. The Morgan fingerprint density at radius 1 is 0.825 bits per heavy atom. The van der Waals surface area contributed by atoms with Gasteiger partial charge in [0.05, 0.1) is 60.0 Å². The standard InChI is InChI=1S/C43H78N2O18/c1-14-27-43(10,55)35(50)21(4)29(44-63-34-26(18-46)59-39(53)32(49)31(34)48)19(2)16-41(8,54)37(62-40-30(47)25(45(11)12)15-20(3)57-40)22(5)33(23(6)38(52)60-27)61-28-17-42(9,56-13)36(51)24(7)58-28/h19-28,30-37,39-40,46-51,53-55H,14-18H2,1-13H3/b44-29+/t19-,20-,21+,22+,23-,24+,25+,26-,27?,28+,30-,31-,32-,33?,34-,35-,36+,37-,39?,40+,41-,42-,43-/m1/s1. The van der Waals surface area contributed by atoms with Gasteiger partial charge in [0, 0.05) is 37.3 Å². The topological polar surface area (TPSA) is 289 Å². The quantitative estimate of drug-likeness (QED) is 0.0976. The maximum Gasteiger partial charge on any atom is 0.311 e. The first-order valence-electron chi connectivity index (χ1n) is 22.2. The third-order valence-electron chi connectivity index (χ3n) is 14.0. The van der Waals surface area contributed by atoms with E-state index in [1.165, 1.54) is 27.9 Å². The molecule has 3 unspecified atom stereocenters. The number of esters is 1. The summed E-state index contributed by atoms with van der Waals surface area (Å²) in [6.45, 7) is 15.4. The van der Waals surface area contributed by atoms with Gasteiger partial charge in [0.2, 0.25) is 0 Å². The van der Waals surface area contributed by atoms with Crippen LogP contribution in [0.4, 0.5) is 0 Å². The summed E-state index contributed by atoms with van der Waals surface area (Å²) < 4.78 is 42.8. The Labute approximate surface area is 371 Å². The molecule has 0 aliphatic carbocycles. The third kappa shape index (κ3) is 11.7. The third-order valence-corrected chi connectivity index (χ3v) is 14.0. The van der Waals surface area contributed by atoms with E-state index in [9.17, 15) is 50.8 Å². The van der Waals surface area contributed by atoms with Crippen molar-refractivity contribution in [2.24, 2.45) is 28.8 Å². The Morgan fingerprint density at radius 2 is 1.46 bits per heavy atom. The lowest BCUT2D eigenvalue weighted by Crippen LogP contribution is -2.61. The van der Waals surface area contributed by atoms with Crippen LogP contribution in [-0.4, -0.2) is 205 Å². The van der Waals surface area contributed by atoms with Gasteiger partial charge in [-0.05, 0) is 74.9 Å². The molecule has 368 valence electrons. The van der Waals surface area contributed by atoms with Gasteiger partial charge in [-0.2, -0.15) is 0 Å². The molecule has 9 N–H and O–H groups in total. The number of aliphatic hydroxyl groups excluding tert-OH is 7. The summed E-state index contributed by atoms with van der Waals surface area (Å²) in [5.74, 6) is -4.89. The summed E-state index contributed by atoms with van der Waals surface area (Å²) in [7, 11) is 5.10. The second-order valence-electron chi connectivity index (χ2n) is 19.4. The van der Waals surface area contributed by atoms with Gasteiger partial charge in [0.1, 0.15) is 42.2 Å². The molecule has 63 heavy (non-hydrogen) atoms. The molecule has 4 aliphatic heterocycles. The van der Waals surface area contributed by atoms with E-state index in [2.05, 4.69) is 5.16 Å². The Hall–Kier alpha value is -1.70. The lowest BCUT2D eigenvalue weighted by Gasteiger charge is -2.49. The fourth-order valence-corrected chi connectivity index (χ4v) is 9.91. The zero-order valence-corrected chi connectivity index (χ0v) is 39.2. The number of carbonyl (C=O) groups is 1. The number of carbonyl (C=O) groups excluding carboxylic acids is 1. The first kappa shape index (κ1) is 53.9. The van der Waals surface area contributed by atoms with Crippen LogP contribution in [0.1, 0.15) is 94.9 Å². The number of nitrogens with zero attached hydrogens (tertiary/aromatic N) is 2. The van der Waals surface area contributed by atoms with Crippen molar-refractivity contribution in [1.29, 1.82) is 0 Å². The minimum atomic E-state index is -2.13. The lowest BCUT2D eigenvalue weighted by atomic mass is 9.73. The maximum absolute atomic E-state index is 14.4. The van der Waals surface area contributed by atoms with Crippen molar-refractivity contribution in [3.8, 4) is 0 Å². The van der Waals surface area contributed by atoms with Gasteiger partial charge >= 0.3 is 5.97 Å². The van der Waals surface area contributed by atoms with E-state index in [0.29, 0.717) is 6.42 Å². The summed E-state index contributed by atoms with van der Waals surface area (Å²) >= 11 is 0. The molecule has 23 atom stereocenters. The van der Waals surface area contributed by atoms with Crippen LogP contribution in [0.15, 0.2) is 5.16 Å². The number of aliphatic hydroxyl groups is 9. The molecule has 0 bridgehead atoms. The number of oxime groups is 1. The van der Waals surface area contributed by atoms with Crippen LogP contribution in [0.3, 0.4) is 0 Å². The molecule has 0 aromatic rings. The van der Waals surface area contributed by atoms with Gasteiger partial charge < -0.3 is 88.9 Å². The highest BCUT2D eigenvalue weighted by molar-refractivity contribution is 5.88. The number of cyclic esters (lactones) is 1. The highest BCUT2D eigenvalue weighted by Gasteiger charge is 2.54. The lowest BCUT2D eigenvalue weighted by molar-refractivity contribution is -0.317. The van der Waals surface area contributed by atoms with Gasteiger partial charge in [0.15, 0.2) is 25.0 Å². The molecule has 0 aromatic heterocycles. The van der Waals surface area contributed by atoms with Crippen LogP contribution >= 0.6 is 0 Å². The SMILES string of the molecule is CCC1OC(=O)[C@H](C)C(O[C@H]2C[C@@](C)(OC)[C@@H](O)[C@H](C)O2)[C@H](C)[C@@H](O[C@@H]2O[C@H](C)C[C@H](N(C)C)[C@H]2O)[C@](C)(O)C[C@@H](C)/C(=N\O[C@H]2[C@H](O)[C@@H](O)C(O)O[C@@H]2CO)[C@H](C)[C@@H](O)[C@]1(C)O. The molecule has 20 heteroatoms. The van der Waals surface area contributed by atoms with E-state index in [-0.39, 0.29) is 31.1 Å². The summed E-state index contributed by atoms with van der Waals surface area (Å²) in [6.07, 6.45) is -19.1. The molecule has 0 radical (unpaired) electrons. The van der Waals surface area contributed by atoms with E-state index in [4.69, 9.17) is 38.0 Å². The summed E-state index contributed by atoms with van der Waals surface area (Å²) in [5.41, 5.74) is -5.13. The number of rotatable bonds is 10. The van der Waals surface area contributed by atoms with Crippen LogP contribution in [0, 0.1) is 23.7 Å². The maximum atomic E-state index is 14.4. The molecule has 4 saturated heterocycles.